The third-order valence-electron chi connectivity index (χ3n) is 4.45. The Labute approximate surface area is 185 Å². The highest BCUT2D eigenvalue weighted by molar-refractivity contribution is 8.26. The predicted octanol–water partition coefficient (Wildman–Crippen LogP) is 4.42. The van der Waals surface area contributed by atoms with E-state index in [9.17, 15) is 9.59 Å². The number of hydrogen-bond donors (Lipinski definition) is 1. The molecule has 1 heterocycles. The molecule has 1 aliphatic rings. The Bertz CT molecular complexity index is 972. The Hall–Kier alpha value is -2.84. The van der Waals surface area contributed by atoms with Gasteiger partial charge in [0.05, 0.1) is 18.1 Å². The van der Waals surface area contributed by atoms with E-state index in [1.807, 2.05) is 31.2 Å². The SMILES string of the molecule is CCC(C)Oc1ccc(/C=C2/SC(=S)N(NC(=O)c3ccc(OC)cc3)C2=O)cc1. The molecule has 1 fully saturated rings. The maximum atomic E-state index is 12.7. The number of hydrogen-bond acceptors (Lipinski definition) is 6. The molecule has 2 amide bonds. The molecule has 0 bridgehead atoms. The van der Waals surface area contributed by atoms with Gasteiger partial charge in [-0.3, -0.25) is 15.0 Å². The second-order valence-electron chi connectivity index (χ2n) is 6.59. The highest BCUT2D eigenvalue weighted by Crippen LogP contribution is 2.32. The Morgan fingerprint density at radius 3 is 2.40 bits per heavy atom. The number of thioether (sulfide) groups is 1. The van der Waals surface area contributed by atoms with Crippen molar-refractivity contribution < 1.29 is 19.1 Å². The quantitative estimate of drug-likeness (QED) is 0.506. The Morgan fingerprint density at radius 1 is 1.17 bits per heavy atom. The summed E-state index contributed by atoms with van der Waals surface area (Å²) in [6.07, 6.45) is 2.81. The lowest BCUT2D eigenvalue weighted by atomic mass is 10.2. The van der Waals surface area contributed by atoms with Crippen LogP contribution in [0, 0.1) is 0 Å². The number of carbonyl (C=O) groups excluding carboxylic acids is 2. The van der Waals surface area contributed by atoms with Gasteiger partial charge in [-0.2, -0.15) is 5.01 Å². The van der Waals surface area contributed by atoms with Crippen molar-refractivity contribution in [3.8, 4) is 11.5 Å². The van der Waals surface area contributed by atoms with E-state index >= 15 is 0 Å². The van der Waals surface area contributed by atoms with Crippen molar-refractivity contribution in [2.75, 3.05) is 7.11 Å². The number of carbonyl (C=O) groups is 2. The fourth-order valence-corrected chi connectivity index (χ4v) is 3.76. The molecule has 0 spiro atoms. The van der Waals surface area contributed by atoms with Crippen molar-refractivity contribution in [2.24, 2.45) is 0 Å². The van der Waals surface area contributed by atoms with E-state index in [0.29, 0.717) is 16.2 Å². The van der Waals surface area contributed by atoms with Crippen molar-refractivity contribution >= 4 is 46.2 Å². The average molecular weight is 443 g/mol. The summed E-state index contributed by atoms with van der Waals surface area (Å²) in [5.41, 5.74) is 3.80. The monoisotopic (exact) mass is 442 g/mol. The minimum atomic E-state index is -0.429. The molecular weight excluding hydrogens is 420 g/mol. The zero-order valence-electron chi connectivity index (χ0n) is 16.9. The molecule has 1 N–H and O–H groups in total. The van der Waals surface area contributed by atoms with Crippen molar-refractivity contribution in [3.05, 3.63) is 64.6 Å². The van der Waals surface area contributed by atoms with Gasteiger partial charge in [-0.25, -0.2) is 0 Å². The van der Waals surface area contributed by atoms with Gasteiger partial charge in [0.25, 0.3) is 11.8 Å². The van der Waals surface area contributed by atoms with Crippen molar-refractivity contribution in [3.63, 3.8) is 0 Å². The molecule has 0 radical (unpaired) electrons. The summed E-state index contributed by atoms with van der Waals surface area (Å²) in [6, 6.07) is 14.1. The van der Waals surface area contributed by atoms with Gasteiger partial charge < -0.3 is 9.47 Å². The molecular formula is C22H22N2O4S2. The minimum Gasteiger partial charge on any atom is -0.497 e. The third-order valence-corrected chi connectivity index (χ3v) is 5.75. The Morgan fingerprint density at radius 2 is 1.80 bits per heavy atom. The van der Waals surface area contributed by atoms with E-state index in [0.717, 1.165) is 34.5 Å². The van der Waals surface area contributed by atoms with Gasteiger partial charge in [-0.1, -0.05) is 30.8 Å². The highest BCUT2D eigenvalue weighted by atomic mass is 32.2. The lowest BCUT2D eigenvalue weighted by molar-refractivity contribution is -0.123. The Balaban J connectivity index is 1.68. The third kappa shape index (κ3) is 5.20. The first kappa shape index (κ1) is 21.9. The summed E-state index contributed by atoms with van der Waals surface area (Å²) in [7, 11) is 1.55. The number of benzene rings is 2. The van der Waals surface area contributed by atoms with Gasteiger partial charge >= 0.3 is 0 Å². The van der Waals surface area contributed by atoms with Crippen molar-refractivity contribution in [1.82, 2.24) is 10.4 Å². The van der Waals surface area contributed by atoms with Crippen LogP contribution in [-0.4, -0.2) is 34.4 Å². The summed E-state index contributed by atoms with van der Waals surface area (Å²) >= 11 is 6.41. The van der Waals surface area contributed by atoms with Gasteiger partial charge in [-0.15, -0.1) is 0 Å². The molecule has 6 nitrogen and oxygen atoms in total. The van der Waals surface area contributed by atoms with Gasteiger partial charge in [0.15, 0.2) is 4.32 Å². The molecule has 1 atom stereocenters. The van der Waals surface area contributed by atoms with E-state index < -0.39 is 5.91 Å². The number of nitrogens with zero attached hydrogens (tertiary/aromatic N) is 1. The fraction of sp³-hybridized carbons (Fsp3) is 0.227. The van der Waals surface area contributed by atoms with Crippen LogP contribution in [0.2, 0.25) is 0 Å². The Kier molecular flexibility index (Phi) is 7.12. The molecule has 0 aromatic heterocycles. The largest absolute Gasteiger partial charge is 0.497 e. The molecule has 1 aliphatic heterocycles. The summed E-state index contributed by atoms with van der Waals surface area (Å²) in [4.78, 5) is 25.6. The first-order chi connectivity index (χ1) is 14.4. The van der Waals surface area contributed by atoms with Gasteiger partial charge in [0, 0.05) is 5.56 Å². The first-order valence-corrected chi connectivity index (χ1v) is 10.6. The smallest absolute Gasteiger partial charge is 0.285 e. The summed E-state index contributed by atoms with van der Waals surface area (Å²) in [5, 5.41) is 1.10. The minimum absolute atomic E-state index is 0.140. The molecule has 1 unspecified atom stereocenters. The molecule has 8 heteroatoms. The number of methoxy groups -OCH3 is 1. The zero-order valence-corrected chi connectivity index (χ0v) is 18.5. The topological polar surface area (TPSA) is 67.9 Å². The summed E-state index contributed by atoms with van der Waals surface area (Å²) in [6.45, 7) is 4.08. The lowest BCUT2D eigenvalue weighted by Gasteiger charge is -2.15. The van der Waals surface area contributed by atoms with Crippen LogP contribution in [0.15, 0.2) is 53.4 Å². The molecule has 1 saturated heterocycles. The van der Waals surface area contributed by atoms with Crippen LogP contribution in [0.3, 0.4) is 0 Å². The number of hydrazine groups is 1. The number of amides is 2. The highest BCUT2D eigenvalue weighted by Gasteiger charge is 2.33. The van der Waals surface area contributed by atoms with E-state index in [1.54, 1.807) is 37.5 Å². The molecule has 156 valence electrons. The molecule has 30 heavy (non-hydrogen) atoms. The first-order valence-electron chi connectivity index (χ1n) is 9.41. The molecule has 2 aromatic carbocycles. The van der Waals surface area contributed by atoms with Gasteiger partial charge in [0.1, 0.15) is 11.5 Å². The van der Waals surface area contributed by atoms with Crippen molar-refractivity contribution in [1.29, 1.82) is 0 Å². The molecule has 0 aliphatic carbocycles. The predicted molar refractivity (Wildman–Crippen MR) is 122 cm³/mol. The lowest BCUT2D eigenvalue weighted by Crippen LogP contribution is -2.44. The number of ether oxygens (including phenoxy) is 2. The standard InChI is InChI=1S/C22H22N2O4S2/c1-4-14(2)28-18-9-5-15(6-10-18)13-19-21(26)24(22(29)30-19)23-20(25)16-7-11-17(27-3)12-8-16/h5-14H,4H2,1-3H3,(H,23,25)/b19-13+. The number of rotatable bonds is 7. The molecule has 2 aromatic rings. The second-order valence-corrected chi connectivity index (χ2v) is 8.27. The number of nitrogens with one attached hydrogen (secondary N) is 1. The van der Waals surface area contributed by atoms with Gasteiger partial charge in [0.2, 0.25) is 0 Å². The molecule has 3 rings (SSSR count). The number of thiocarbonyl (C=S) groups is 1. The summed E-state index contributed by atoms with van der Waals surface area (Å²) in [5.74, 6) is 0.620. The van der Waals surface area contributed by atoms with Crippen LogP contribution >= 0.6 is 24.0 Å². The summed E-state index contributed by atoms with van der Waals surface area (Å²) < 4.78 is 11.1. The van der Waals surface area contributed by atoms with Crippen molar-refractivity contribution in [2.45, 2.75) is 26.4 Å². The average Bonchev–Trinajstić information content (AvgIpc) is 3.02. The second kappa shape index (κ2) is 9.77. The van der Waals surface area contributed by atoms with Crippen LogP contribution in [0.1, 0.15) is 36.2 Å². The van der Waals surface area contributed by atoms with Crippen LogP contribution < -0.4 is 14.9 Å². The maximum Gasteiger partial charge on any atom is 0.285 e. The zero-order chi connectivity index (χ0) is 21.7. The van der Waals surface area contributed by atoms with E-state index in [1.165, 1.54) is 0 Å². The van der Waals surface area contributed by atoms with Gasteiger partial charge in [-0.05, 0) is 73.6 Å². The van der Waals surface area contributed by atoms with E-state index in [-0.39, 0.29) is 16.3 Å². The fourth-order valence-electron chi connectivity index (χ4n) is 2.58. The molecule has 0 saturated carbocycles. The van der Waals surface area contributed by atoms with E-state index in [2.05, 4.69) is 12.3 Å². The normalized spacial score (nSPS) is 16.0. The van der Waals surface area contributed by atoms with Crippen LogP contribution in [0.5, 0.6) is 11.5 Å². The van der Waals surface area contributed by atoms with Crippen LogP contribution in [-0.2, 0) is 4.79 Å². The maximum absolute atomic E-state index is 12.7. The van der Waals surface area contributed by atoms with Crippen LogP contribution in [0.4, 0.5) is 0 Å². The van der Waals surface area contributed by atoms with Crippen LogP contribution in [0.25, 0.3) is 6.08 Å². The van der Waals surface area contributed by atoms with E-state index in [4.69, 9.17) is 21.7 Å².